The Morgan fingerprint density at radius 2 is 1.87 bits per heavy atom. The highest BCUT2D eigenvalue weighted by atomic mass is 19.1. The summed E-state index contributed by atoms with van der Waals surface area (Å²) < 4.78 is 19.0. The minimum atomic E-state index is -0.159. The van der Waals surface area contributed by atoms with Crippen molar-refractivity contribution < 1.29 is 9.13 Å². The summed E-state index contributed by atoms with van der Waals surface area (Å²) >= 11 is 0. The molecule has 82 valence electrons. The highest BCUT2D eigenvalue weighted by molar-refractivity contribution is 5.16. The first-order chi connectivity index (χ1) is 7.36. The van der Waals surface area contributed by atoms with Crippen molar-refractivity contribution in [2.45, 2.75) is 44.8 Å². The predicted molar refractivity (Wildman–Crippen MR) is 58.1 cm³/mol. The van der Waals surface area contributed by atoms with Crippen molar-refractivity contribution in [3.63, 3.8) is 0 Å². The second kappa shape index (κ2) is 5.26. The zero-order chi connectivity index (χ0) is 10.5. The van der Waals surface area contributed by atoms with E-state index in [9.17, 15) is 4.39 Å². The molecule has 1 nitrogen and oxygen atoms in total. The summed E-state index contributed by atoms with van der Waals surface area (Å²) in [7, 11) is 0. The molecule has 0 unspecified atom stereocenters. The average Bonchev–Trinajstić information content (AvgIpc) is 2.29. The van der Waals surface area contributed by atoms with Gasteiger partial charge in [-0.3, -0.25) is 0 Å². The van der Waals surface area contributed by atoms with Crippen molar-refractivity contribution in [1.29, 1.82) is 0 Å². The van der Waals surface area contributed by atoms with Crippen molar-refractivity contribution in [2.75, 3.05) is 0 Å². The third kappa shape index (κ3) is 3.03. The smallest absolute Gasteiger partial charge is 0.128 e. The molecule has 0 aliphatic heterocycles. The van der Waals surface area contributed by atoms with Gasteiger partial charge >= 0.3 is 0 Å². The maximum absolute atomic E-state index is 13.3. The average molecular weight is 208 g/mol. The minimum absolute atomic E-state index is 0.159. The molecule has 0 radical (unpaired) electrons. The molecule has 2 rings (SSSR count). The van der Waals surface area contributed by atoms with Gasteiger partial charge in [-0.15, -0.1) is 0 Å². The number of benzene rings is 1. The van der Waals surface area contributed by atoms with Crippen LogP contribution in [0.1, 0.15) is 37.7 Å². The standard InChI is InChI=1S/C13H17FO/c14-13-9-5-4-6-11(13)10-15-12-7-2-1-3-8-12/h4-6,9,12H,1-3,7-8,10H2. The van der Waals surface area contributed by atoms with Crippen LogP contribution in [0, 0.1) is 5.82 Å². The fourth-order valence-electron chi connectivity index (χ4n) is 2.05. The number of hydrogen-bond donors (Lipinski definition) is 0. The van der Waals surface area contributed by atoms with Crippen LogP contribution in [0.5, 0.6) is 0 Å². The van der Waals surface area contributed by atoms with Gasteiger partial charge in [0.25, 0.3) is 0 Å². The first-order valence-corrected chi connectivity index (χ1v) is 5.71. The van der Waals surface area contributed by atoms with Gasteiger partial charge in [0.1, 0.15) is 5.82 Å². The van der Waals surface area contributed by atoms with E-state index in [4.69, 9.17) is 4.74 Å². The third-order valence-corrected chi connectivity index (χ3v) is 2.98. The Hall–Kier alpha value is -0.890. The highest BCUT2D eigenvalue weighted by Gasteiger charge is 2.14. The molecule has 0 bridgehead atoms. The quantitative estimate of drug-likeness (QED) is 0.736. The van der Waals surface area contributed by atoms with Gasteiger partial charge in [0.2, 0.25) is 0 Å². The molecule has 0 amide bonds. The molecule has 0 N–H and O–H groups in total. The summed E-state index contributed by atoms with van der Waals surface area (Å²) in [4.78, 5) is 0. The summed E-state index contributed by atoms with van der Waals surface area (Å²) in [6, 6.07) is 6.83. The Morgan fingerprint density at radius 1 is 1.13 bits per heavy atom. The van der Waals surface area contributed by atoms with E-state index in [1.54, 1.807) is 12.1 Å². The van der Waals surface area contributed by atoms with Gasteiger partial charge in [0, 0.05) is 5.56 Å². The van der Waals surface area contributed by atoms with Crippen LogP contribution < -0.4 is 0 Å². The molecule has 0 saturated heterocycles. The zero-order valence-corrected chi connectivity index (χ0v) is 8.92. The predicted octanol–water partition coefficient (Wildman–Crippen LogP) is 3.68. The second-order valence-electron chi connectivity index (χ2n) is 4.16. The van der Waals surface area contributed by atoms with Gasteiger partial charge < -0.3 is 4.74 Å². The Labute approximate surface area is 90.3 Å². The number of rotatable bonds is 3. The van der Waals surface area contributed by atoms with E-state index in [1.165, 1.54) is 25.3 Å². The van der Waals surface area contributed by atoms with Gasteiger partial charge in [-0.1, -0.05) is 37.5 Å². The maximum Gasteiger partial charge on any atom is 0.128 e. The topological polar surface area (TPSA) is 9.23 Å². The molecule has 1 saturated carbocycles. The molecule has 1 aliphatic rings. The first kappa shape index (κ1) is 10.6. The molecule has 1 fully saturated rings. The maximum atomic E-state index is 13.3. The van der Waals surface area contributed by atoms with Crippen LogP contribution in [0.4, 0.5) is 4.39 Å². The van der Waals surface area contributed by atoms with Crippen molar-refractivity contribution in [2.24, 2.45) is 0 Å². The van der Waals surface area contributed by atoms with Crippen LogP contribution in [0.2, 0.25) is 0 Å². The van der Waals surface area contributed by atoms with Crippen LogP contribution in [0.15, 0.2) is 24.3 Å². The highest BCUT2D eigenvalue weighted by Crippen LogP contribution is 2.21. The lowest BCUT2D eigenvalue weighted by atomic mass is 9.98. The van der Waals surface area contributed by atoms with E-state index in [2.05, 4.69) is 0 Å². The molecule has 2 heteroatoms. The van der Waals surface area contributed by atoms with Crippen molar-refractivity contribution >= 4 is 0 Å². The fraction of sp³-hybridized carbons (Fsp3) is 0.538. The first-order valence-electron chi connectivity index (χ1n) is 5.71. The van der Waals surface area contributed by atoms with E-state index >= 15 is 0 Å². The summed E-state index contributed by atoms with van der Waals surface area (Å²) in [5.74, 6) is -0.159. The van der Waals surface area contributed by atoms with Gasteiger partial charge in [-0.2, -0.15) is 0 Å². The lowest BCUT2D eigenvalue weighted by Gasteiger charge is -2.22. The number of ether oxygens (including phenoxy) is 1. The summed E-state index contributed by atoms with van der Waals surface area (Å²) in [6.45, 7) is 0.414. The largest absolute Gasteiger partial charge is 0.373 e. The summed E-state index contributed by atoms with van der Waals surface area (Å²) in [5.41, 5.74) is 0.670. The molecule has 0 aromatic heterocycles. The van der Waals surface area contributed by atoms with E-state index in [-0.39, 0.29) is 5.82 Å². The van der Waals surface area contributed by atoms with E-state index < -0.39 is 0 Å². The van der Waals surface area contributed by atoms with Crippen LogP contribution in [-0.2, 0) is 11.3 Å². The van der Waals surface area contributed by atoms with Crippen molar-refractivity contribution in [3.05, 3.63) is 35.6 Å². The van der Waals surface area contributed by atoms with Crippen molar-refractivity contribution in [3.8, 4) is 0 Å². The SMILES string of the molecule is Fc1ccccc1COC1CCCCC1. The Balaban J connectivity index is 1.84. The van der Waals surface area contributed by atoms with Gasteiger partial charge in [0.05, 0.1) is 12.7 Å². The van der Waals surface area contributed by atoms with Gasteiger partial charge in [-0.25, -0.2) is 4.39 Å². The van der Waals surface area contributed by atoms with Crippen LogP contribution >= 0.6 is 0 Å². The Morgan fingerprint density at radius 3 is 2.60 bits per heavy atom. The molecular weight excluding hydrogens is 191 g/mol. The molecule has 0 spiro atoms. The summed E-state index contributed by atoms with van der Waals surface area (Å²) in [5, 5.41) is 0. The Bertz CT molecular complexity index is 305. The normalized spacial score (nSPS) is 17.9. The lowest BCUT2D eigenvalue weighted by Crippen LogP contribution is -2.16. The van der Waals surface area contributed by atoms with E-state index in [0.717, 1.165) is 12.8 Å². The van der Waals surface area contributed by atoms with Gasteiger partial charge in [0.15, 0.2) is 0 Å². The third-order valence-electron chi connectivity index (χ3n) is 2.98. The van der Waals surface area contributed by atoms with Crippen LogP contribution in [0.3, 0.4) is 0 Å². The molecule has 1 aliphatic carbocycles. The Kier molecular flexibility index (Phi) is 3.73. The molecule has 0 heterocycles. The van der Waals surface area contributed by atoms with Crippen LogP contribution in [0.25, 0.3) is 0 Å². The lowest BCUT2D eigenvalue weighted by molar-refractivity contribution is 0.0156. The van der Waals surface area contributed by atoms with Gasteiger partial charge in [-0.05, 0) is 18.9 Å². The van der Waals surface area contributed by atoms with Crippen molar-refractivity contribution in [1.82, 2.24) is 0 Å². The molecule has 0 atom stereocenters. The van der Waals surface area contributed by atoms with E-state index in [0.29, 0.717) is 18.3 Å². The zero-order valence-electron chi connectivity index (χ0n) is 8.92. The monoisotopic (exact) mass is 208 g/mol. The minimum Gasteiger partial charge on any atom is -0.373 e. The molecule has 1 aromatic carbocycles. The fourth-order valence-corrected chi connectivity index (χ4v) is 2.05. The number of halogens is 1. The second-order valence-corrected chi connectivity index (χ2v) is 4.16. The van der Waals surface area contributed by atoms with E-state index in [1.807, 2.05) is 6.07 Å². The van der Waals surface area contributed by atoms with Crippen LogP contribution in [-0.4, -0.2) is 6.10 Å². The number of hydrogen-bond acceptors (Lipinski definition) is 1. The molecule has 1 aromatic rings. The summed E-state index contributed by atoms with van der Waals surface area (Å²) in [6.07, 6.45) is 6.44. The molecule has 15 heavy (non-hydrogen) atoms. The molecular formula is C13H17FO.